The van der Waals surface area contributed by atoms with Crippen LogP contribution in [-0.2, 0) is 10.3 Å². The Balaban J connectivity index is 2.27. The molecule has 4 heteroatoms. The molecule has 2 rings (SSSR count). The monoisotopic (exact) mass is 310 g/mol. The van der Waals surface area contributed by atoms with Crippen LogP contribution in [0.3, 0.4) is 0 Å². The lowest BCUT2D eigenvalue weighted by atomic mass is 9.79. The quantitative estimate of drug-likeness (QED) is 0.836. The van der Waals surface area contributed by atoms with Gasteiger partial charge in [0, 0.05) is 17.5 Å². The first kappa shape index (κ1) is 16.9. The van der Waals surface area contributed by atoms with Crippen LogP contribution >= 0.6 is 11.3 Å². The molecule has 0 saturated heterocycles. The third-order valence-electron chi connectivity index (χ3n) is 4.63. The van der Waals surface area contributed by atoms with Crippen LogP contribution in [0.4, 0.5) is 0 Å². The first-order valence-corrected chi connectivity index (χ1v) is 9.19. The van der Waals surface area contributed by atoms with E-state index in [9.17, 15) is 0 Å². The highest BCUT2D eigenvalue weighted by molar-refractivity contribution is 7.12. The molecule has 1 aliphatic carbocycles. The van der Waals surface area contributed by atoms with Gasteiger partial charge in [0.2, 0.25) is 0 Å². The highest BCUT2D eigenvalue weighted by Crippen LogP contribution is 2.45. The van der Waals surface area contributed by atoms with Gasteiger partial charge < -0.3 is 10.1 Å². The van der Waals surface area contributed by atoms with Gasteiger partial charge in [-0.05, 0) is 58.9 Å². The number of aryl methyl sites for hydroxylation is 1. The van der Waals surface area contributed by atoms with Crippen molar-refractivity contribution in [3.63, 3.8) is 0 Å². The topological polar surface area (TPSA) is 34.1 Å². The number of rotatable bonds is 6. The van der Waals surface area contributed by atoms with Crippen molar-refractivity contribution >= 4 is 11.3 Å². The Bertz CT molecular complexity index is 450. The van der Waals surface area contributed by atoms with E-state index >= 15 is 0 Å². The Hall–Kier alpha value is -0.450. The van der Waals surface area contributed by atoms with Gasteiger partial charge in [0.15, 0.2) is 0 Å². The fourth-order valence-corrected chi connectivity index (χ4v) is 4.62. The zero-order chi connectivity index (χ0) is 15.5. The third kappa shape index (κ3) is 3.66. The Morgan fingerprint density at radius 1 is 1.38 bits per heavy atom. The van der Waals surface area contributed by atoms with Crippen LogP contribution in [0.25, 0.3) is 0 Å². The van der Waals surface area contributed by atoms with E-state index < -0.39 is 0 Å². The van der Waals surface area contributed by atoms with Crippen LogP contribution in [0.15, 0.2) is 0 Å². The van der Waals surface area contributed by atoms with Crippen LogP contribution in [0.1, 0.15) is 75.0 Å². The summed E-state index contributed by atoms with van der Waals surface area (Å²) >= 11 is 1.86. The molecule has 1 N–H and O–H groups in total. The van der Waals surface area contributed by atoms with Crippen molar-refractivity contribution in [2.75, 3.05) is 13.2 Å². The summed E-state index contributed by atoms with van der Waals surface area (Å²) in [6.45, 7) is 12.7. The van der Waals surface area contributed by atoms with E-state index in [4.69, 9.17) is 9.72 Å². The summed E-state index contributed by atoms with van der Waals surface area (Å²) in [6, 6.07) is 0.377. The number of thiazole rings is 1. The Labute approximate surface area is 133 Å². The van der Waals surface area contributed by atoms with E-state index in [1.807, 2.05) is 11.3 Å². The van der Waals surface area contributed by atoms with Crippen LogP contribution in [0.5, 0.6) is 0 Å². The lowest BCUT2D eigenvalue weighted by molar-refractivity contribution is -0.0776. The molecule has 1 atom stereocenters. The minimum absolute atomic E-state index is 0.124. The van der Waals surface area contributed by atoms with Crippen molar-refractivity contribution < 1.29 is 4.74 Å². The summed E-state index contributed by atoms with van der Waals surface area (Å²) < 4.78 is 6.24. The molecule has 1 fully saturated rings. The minimum atomic E-state index is -0.124. The molecule has 1 unspecified atom stereocenters. The molecule has 1 aromatic rings. The van der Waals surface area contributed by atoms with Gasteiger partial charge >= 0.3 is 0 Å². The number of hydrogen-bond donors (Lipinski definition) is 1. The average Bonchev–Trinajstić information content (AvgIpc) is 2.85. The van der Waals surface area contributed by atoms with Gasteiger partial charge in [-0.1, -0.05) is 13.8 Å². The molecule has 1 heterocycles. The molecule has 0 bridgehead atoms. The summed E-state index contributed by atoms with van der Waals surface area (Å²) in [7, 11) is 0. The second kappa shape index (κ2) is 7.21. The molecule has 1 saturated carbocycles. The van der Waals surface area contributed by atoms with Crippen LogP contribution in [-0.4, -0.2) is 18.1 Å². The highest BCUT2D eigenvalue weighted by Gasteiger charge is 2.39. The number of nitrogens with zero attached hydrogens (tertiary/aromatic N) is 1. The van der Waals surface area contributed by atoms with Gasteiger partial charge in [-0.15, -0.1) is 11.3 Å². The molecule has 1 aliphatic rings. The van der Waals surface area contributed by atoms with E-state index in [1.54, 1.807) is 0 Å². The maximum atomic E-state index is 6.24. The van der Waals surface area contributed by atoms with Crippen LogP contribution < -0.4 is 5.32 Å². The van der Waals surface area contributed by atoms with Crippen molar-refractivity contribution in [2.45, 2.75) is 71.9 Å². The van der Waals surface area contributed by atoms with E-state index in [0.29, 0.717) is 6.04 Å². The second-order valence-corrected chi connectivity index (χ2v) is 7.39. The summed E-state index contributed by atoms with van der Waals surface area (Å²) in [6.07, 6.45) is 4.72. The van der Waals surface area contributed by atoms with Gasteiger partial charge in [-0.2, -0.15) is 0 Å². The number of nitrogens with one attached hydrogen (secondary N) is 1. The molecular weight excluding hydrogens is 280 g/mol. The summed E-state index contributed by atoms with van der Waals surface area (Å²) in [5, 5.41) is 4.70. The smallest absolute Gasteiger partial charge is 0.125 e. The molecule has 0 amide bonds. The van der Waals surface area contributed by atoms with Crippen LogP contribution in [0.2, 0.25) is 0 Å². The van der Waals surface area contributed by atoms with Crippen molar-refractivity contribution in [1.29, 1.82) is 0 Å². The standard InChI is InChI=1S/C17H30N2OS/c1-6-18-13(4)15-14(5)19-16(21-15)17(20-7-2)10-8-12(3)9-11-17/h12-13,18H,6-11H2,1-5H3. The van der Waals surface area contributed by atoms with E-state index in [1.165, 1.54) is 28.4 Å². The van der Waals surface area contributed by atoms with Crippen molar-refractivity contribution in [3.8, 4) is 0 Å². The molecule has 0 aromatic carbocycles. The van der Waals surface area contributed by atoms with Gasteiger partial charge in [0.05, 0.1) is 5.69 Å². The van der Waals surface area contributed by atoms with Gasteiger partial charge in [0.25, 0.3) is 0 Å². The Morgan fingerprint density at radius 3 is 2.62 bits per heavy atom. The zero-order valence-corrected chi connectivity index (χ0v) is 15.0. The maximum absolute atomic E-state index is 6.24. The number of hydrogen-bond acceptors (Lipinski definition) is 4. The van der Waals surface area contributed by atoms with Crippen molar-refractivity contribution in [3.05, 3.63) is 15.6 Å². The van der Waals surface area contributed by atoms with Crippen molar-refractivity contribution in [1.82, 2.24) is 10.3 Å². The largest absolute Gasteiger partial charge is 0.368 e. The maximum Gasteiger partial charge on any atom is 0.125 e. The summed E-state index contributed by atoms with van der Waals surface area (Å²) in [5.41, 5.74) is 1.04. The first-order valence-electron chi connectivity index (χ1n) is 8.37. The zero-order valence-electron chi connectivity index (χ0n) is 14.2. The fraction of sp³-hybridized carbons (Fsp3) is 0.824. The molecule has 0 radical (unpaired) electrons. The second-order valence-electron chi connectivity index (χ2n) is 6.36. The van der Waals surface area contributed by atoms with Gasteiger partial charge in [-0.3, -0.25) is 0 Å². The minimum Gasteiger partial charge on any atom is -0.368 e. The SMILES string of the molecule is CCNC(C)c1sc(C2(OCC)CCC(C)CC2)nc1C. The molecule has 120 valence electrons. The molecular formula is C17H30N2OS. The molecule has 3 nitrogen and oxygen atoms in total. The first-order chi connectivity index (χ1) is 10.0. The van der Waals surface area contributed by atoms with Gasteiger partial charge in [0.1, 0.15) is 10.6 Å². The normalized spacial score (nSPS) is 27.8. The Kier molecular flexibility index (Phi) is 5.81. The predicted octanol–water partition coefficient (Wildman–Crippen LogP) is 4.56. The molecule has 21 heavy (non-hydrogen) atoms. The summed E-state index contributed by atoms with van der Waals surface area (Å²) in [4.78, 5) is 6.27. The Morgan fingerprint density at radius 2 is 2.05 bits per heavy atom. The highest BCUT2D eigenvalue weighted by atomic mass is 32.1. The van der Waals surface area contributed by atoms with E-state index in [0.717, 1.165) is 31.9 Å². The molecule has 1 aromatic heterocycles. The third-order valence-corrected chi connectivity index (χ3v) is 6.15. The lowest BCUT2D eigenvalue weighted by Crippen LogP contribution is -2.34. The van der Waals surface area contributed by atoms with E-state index in [2.05, 4.69) is 39.9 Å². The summed E-state index contributed by atoms with van der Waals surface area (Å²) in [5.74, 6) is 0.819. The van der Waals surface area contributed by atoms with E-state index in [-0.39, 0.29) is 5.60 Å². The molecule has 0 aliphatic heterocycles. The lowest BCUT2D eigenvalue weighted by Gasteiger charge is -2.37. The van der Waals surface area contributed by atoms with Gasteiger partial charge in [-0.25, -0.2) is 4.98 Å². The molecule has 0 spiro atoms. The fourth-order valence-electron chi connectivity index (χ4n) is 3.33. The number of aromatic nitrogens is 1. The number of ether oxygens (including phenoxy) is 1. The average molecular weight is 311 g/mol. The van der Waals surface area contributed by atoms with Crippen LogP contribution in [0, 0.1) is 12.8 Å². The predicted molar refractivity (Wildman–Crippen MR) is 89.9 cm³/mol. The van der Waals surface area contributed by atoms with Crippen molar-refractivity contribution in [2.24, 2.45) is 5.92 Å².